The predicted molar refractivity (Wildman–Crippen MR) is 65.9 cm³/mol. The van der Waals surface area contributed by atoms with E-state index in [-0.39, 0.29) is 5.76 Å². The molecule has 0 bridgehead atoms. The third kappa shape index (κ3) is 2.81. The summed E-state index contributed by atoms with van der Waals surface area (Å²) in [5, 5.41) is 20.5. The van der Waals surface area contributed by atoms with Gasteiger partial charge < -0.3 is 9.52 Å². The highest BCUT2D eigenvalue weighted by Gasteiger charge is 2.17. The lowest BCUT2D eigenvalue weighted by Gasteiger charge is -2.10. The highest BCUT2D eigenvalue weighted by molar-refractivity contribution is 5.84. The van der Waals surface area contributed by atoms with E-state index < -0.39 is 5.97 Å². The van der Waals surface area contributed by atoms with Crippen LogP contribution in [0.4, 0.5) is 0 Å². The van der Waals surface area contributed by atoms with E-state index in [0.29, 0.717) is 18.2 Å². The van der Waals surface area contributed by atoms with Crippen molar-refractivity contribution in [3.05, 3.63) is 29.5 Å². The molecule has 0 saturated carbocycles. The normalized spacial score (nSPS) is 11.1. The van der Waals surface area contributed by atoms with Crippen LogP contribution in [0.1, 0.15) is 54.7 Å². The monoisotopic (exact) mass is 264 g/mol. The summed E-state index contributed by atoms with van der Waals surface area (Å²) >= 11 is 0. The number of rotatable bonds is 6. The Bertz CT molecular complexity index is 557. The van der Waals surface area contributed by atoms with Crippen molar-refractivity contribution >= 4 is 5.97 Å². The molecule has 0 aliphatic carbocycles. The molecule has 0 aromatic carbocycles. The fourth-order valence-corrected chi connectivity index (χ4v) is 2.00. The van der Waals surface area contributed by atoms with Gasteiger partial charge in [-0.05, 0) is 35.4 Å². The van der Waals surface area contributed by atoms with Crippen LogP contribution in [0.25, 0.3) is 0 Å². The Morgan fingerprint density at radius 1 is 1.42 bits per heavy atom. The maximum absolute atomic E-state index is 10.7. The summed E-state index contributed by atoms with van der Waals surface area (Å²) < 4.78 is 6.86. The van der Waals surface area contributed by atoms with Gasteiger partial charge >= 0.3 is 5.97 Å². The number of carboxylic acids is 1. The zero-order valence-electron chi connectivity index (χ0n) is 10.9. The van der Waals surface area contributed by atoms with Crippen LogP contribution < -0.4 is 0 Å². The molecule has 2 aromatic rings. The Hall–Kier alpha value is -2.18. The van der Waals surface area contributed by atoms with E-state index in [0.717, 1.165) is 18.7 Å². The predicted octanol–water partition coefficient (Wildman–Crippen LogP) is 1.92. The van der Waals surface area contributed by atoms with Gasteiger partial charge in [0.15, 0.2) is 5.82 Å². The first-order valence-electron chi connectivity index (χ1n) is 6.23. The van der Waals surface area contributed by atoms with Crippen LogP contribution in [0.3, 0.4) is 0 Å². The fourth-order valence-electron chi connectivity index (χ4n) is 2.00. The molecule has 7 nitrogen and oxygen atoms in total. The minimum atomic E-state index is -1.08. The molecular weight excluding hydrogens is 248 g/mol. The summed E-state index contributed by atoms with van der Waals surface area (Å²) in [6, 6.07) is 3.06. The zero-order chi connectivity index (χ0) is 13.8. The Balaban J connectivity index is 2.19. The average Bonchev–Trinajstić information content (AvgIpc) is 3.02. The topological polar surface area (TPSA) is 94.0 Å². The van der Waals surface area contributed by atoms with Crippen LogP contribution in [0.5, 0.6) is 0 Å². The Kier molecular flexibility index (Phi) is 3.94. The summed E-state index contributed by atoms with van der Waals surface area (Å²) in [7, 11) is 0. The van der Waals surface area contributed by atoms with Gasteiger partial charge in [0.2, 0.25) is 5.76 Å². The van der Waals surface area contributed by atoms with E-state index >= 15 is 0 Å². The van der Waals surface area contributed by atoms with Gasteiger partial charge in [0, 0.05) is 5.92 Å². The second-order valence-corrected chi connectivity index (χ2v) is 4.28. The van der Waals surface area contributed by atoms with Gasteiger partial charge in [-0.1, -0.05) is 13.8 Å². The van der Waals surface area contributed by atoms with Gasteiger partial charge in [-0.3, -0.25) is 0 Å². The van der Waals surface area contributed by atoms with Gasteiger partial charge in [0.25, 0.3) is 0 Å². The molecule has 0 aliphatic heterocycles. The van der Waals surface area contributed by atoms with Crippen LogP contribution in [0.2, 0.25) is 0 Å². The van der Waals surface area contributed by atoms with E-state index in [1.807, 2.05) is 0 Å². The summed E-state index contributed by atoms with van der Waals surface area (Å²) in [5.74, 6) is 0.467. The summed E-state index contributed by atoms with van der Waals surface area (Å²) in [6.45, 7) is 4.51. The minimum Gasteiger partial charge on any atom is -0.475 e. The molecule has 0 amide bonds. The smallest absolute Gasteiger partial charge is 0.371 e. The first-order chi connectivity index (χ1) is 9.15. The van der Waals surface area contributed by atoms with Gasteiger partial charge in [0.05, 0.1) is 0 Å². The van der Waals surface area contributed by atoms with E-state index in [1.54, 1.807) is 10.7 Å². The number of hydrogen-bond acceptors (Lipinski definition) is 5. The third-order valence-corrected chi connectivity index (χ3v) is 3.09. The number of furan rings is 1. The van der Waals surface area contributed by atoms with Crippen molar-refractivity contribution in [3.8, 4) is 0 Å². The van der Waals surface area contributed by atoms with Crippen molar-refractivity contribution in [3.63, 3.8) is 0 Å². The Morgan fingerprint density at radius 2 is 2.16 bits per heavy atom. The van der Waals surface area contributed by atoms with Crippen molar-refractivity contribution in [1.29, 1.82) is 0 Å². The van der Waals surface area contributed by atoms with Crippen molar-refractivity contribution in [2.24, 2.45) is 0 Å². The molecule has 0 saturated heterocycles. The van der Waals surface area contributed by atoms with E-state index in [4.69, 9.17) is 9.52 Å². The Morgan fingerprint density at radius 3 is 2.74 bits per heavy atom. The van der Waals surface area contributed by atoms with Gasteiger partial charge in [-0.25, -0.2) is 9.48 Å². The first-order valence-corrected chi connectivity index (χ1v) is 6.23. The van der Waals surface area contributed by atoms with Crippen LogP contribution >= 0.6 is 0 Å². The van der Waals surface area contributed by atoms with E-state index in [9.17, 15) is 4.79 Å². The molecule has 0 spiro atoms. The minimum absolute atomic E-state index is 0.0767. The highest BCUT2D eigenvalue weighted by atomic mass is 16.4. The van der Waals surface area contributed by atoms with E-state index in [2.05, 4.69) is 29.4 Å². The lowest BCUT2D eigenvalue weighted by atomic mass is 10.0. The number of carbonyl (C=O) groups is 1. The molecule has 0 aliphatic rings. The zero-order valence-corrected chi connectivity index (χ0v) is 10.9. The van der Waals surface area contributed by atoms with Crippen molar-refractivity contribution in [2.45, 2.75) is 39.2 Å². The van der Waals surface area contributed by atoms with Crippen molar-refractivity contribution in [2.75, 3.05) is 0 Å². The number of aromatic nitrogens is 4. The van der Waals surface area contributed by atoms with Gasteiger partial charge in [-0.2, -0.15) is 0 Å². The molecule has 7 heteroatoms. The highest BCUT2D eigenvalue weighted by Crippen LogP contribution is 2.20. The number of aromatic carboxylic acids is 1. The molecule has 1 N–H and O–H groups in total. The number of nitrogens with zero attached hydrogens (tertiary/aromatic N) is 4. The molecule has 0 radical (unpaired) electrons. The molecule has 19 heavy (non-hydrogen) atoms. The maximum Gasteiger partial charge on any atom is 0.371 e. The summed E-state index contributed by atoms with van der Waals surface area (Å²) in [4.78, 5) is 10.7. The standard InChI is InChI=1S/C12H16N4O3/c1-3-8(4-2)11-13-14-15-16(11)7-9-5-6-10(19-9)12(17)18/h5-6,8H,3-4,7H2,1-2H3,(H,17,18). The molecular formula is C12H16N4O3. The molecule has 2 rings (SSSR count). The maximum atomic E-state index is 10.7. The molecule has 0 unspecified atom stereocenters. The largest absolute Gasteiger partial charge is 0.475 e. The second kappa shape index (κ2) is 5.64. The average molecular weight is 264 g/mol. The molecule has 0 fully saturated rings. The molecule has 2 aromatic heterocycles. The second-order valence-electron chi connectivity index (χ2n) is 4.28. The lowest BCUT2D eigenvalue weighted by molar-refractivity contribution is 0.0660. The van der Waals surface area contributed by atoms with Crippen LogP contribution in [-0.4, -0.2) is 31.3 Å². The van der Waals surface area contributed by atoms with Crippen molar-refractivity contribution < 1.29 is 14.3 Å². The molecule has 2 heterocycles. The number of carboxylic acid groups (broad SMARTS) is 1. The SMILES string of the molecule is CCC(CC)c1nnnn1Cc1ccc(C(=O)O)o1. The summed E-state index contributed by atoms with van der Waals surface area (Å²) in [6.07, 6.45) is 1.91. The number of tetrazole rings is 1. The van der Waals surface area contributed by atoms with Gasteiger partial charge in [0.1, 0.15) is 12.3 Å². The van der Waals surface area contributed by atoms with Gasteiger partial charge in [-0.15, -0.1) is 5.10 Å². The number of hydrogen-bond donors (Lipinski definition) is 1. The lowest BCUT2D eigenvalue weighted by Crippen LogP contribution is -2.10. The Labute approximate surface area is 110 Å². The first kappa shape index (κ1) is 13.3. The van der Waals surface area contributed by atoms with Crippen molar-refractivity contribution in [1.82, 2.24) is 20.2 Å². The molecule has 102 valence electrons. The van der Waals surface area contributed by atoms with Crippen LogP contribution in [0, 0.1) is 0 Å². The van der Waals surface area contributed by atoms with Crippen LogP contribution in [0.15, 0.2) is 16.5 Å². The quantitative estimate of drug-likeness (QED) is 0.856. The molecule has 0 atom stereocenters. The third-order valence-electron chi connectivity index (χ3n) is 3.09. The fraction of sp³-hybridized carbons (Fsp3) is 0.500. The van der Waals surface area contributed by atoms with Crippen LogP contribution in [-0.2, 0) is 6.54 Å². The summed E-state index contributed by atoms with van der Waals surface area (Å²) in [5.41, 5.74) is 0. The van der Waals surface area contributed by atoms with E-state index in [1.165, 1.54) is 6.07 Å².